The van der Waals surface area contributed by atoms with Crippen molar-refractivity contribution >= 4 is 19.2 Å². The van der Waals surface area contributed by atoms with E-state index < -0.39 is 8.07 Å². The number of methoxy groups -OCH3 is 2. The molecule has 156 valence electrons. The van der Waals surface area contributed by atoms with E-state index in [9.17, 15) is 0 Å². The molecule has 29 heavy (non-hydrogen) atoms. The van der Waals surface area contributed by atoms with Crippen molar-refractivity contribution in [1.29, 1.82) is 0 Å². The lowest BCUT2D eigenvalue weighted by Crippen LogP contribution is -2.21. The van der Waals surface area contributed by atoms with Gasteiger partial charge in [-0.15, -0.1) is 0 Å². The second kappa shape index (κ2) is 9.50. The zero-order valence-corrected chi connectivity index (χ0v) is 19.2. The lowest BCUT2D eigenvalue weighted by molar-refractivity contribution is 0.153. The first kappa shape index (κ1) is 21.5. The van der Waals surface area contributed by atoms with Crippen LogP contribution >= 0.6 is 0 Å². The highest BCUT2D eigenvalue weighted by molar-refractivity contribution is 6.76. The van der Waals surface area contributed by atoms with E-state index in [1.807, 2.05) is 24.3 Å². The van der Waals surface area contributed by atoms with Crippen LogP contribution in [0, 0.1) is 0 Å². The minimum atomic E-state index is -1.08. The molecule has 0 aromatic heterocycles. The van der Waals surface area contributed by atoms with E-state index in [0.29, 0.717) is 13.2 Å². The SMILES string of the molecule is COc1ccc(C2=C(CCOCC[Si](C)(C)C)c3ccccc3OC2)c(OC)c1. The Kier molecular flexibility index (Phi) is 7.03. The van der Waals surface area contributed by atoms with Gasteiger partial charge in [-0.25, -0.2) is 0 Å². The van der Waals surface area contributed by atoms with Crippen molar-refractivity contribution in [2.75, 3.05) is 34.0 Å². The van der Waals surface area contributed by atoms with Crippen molar-refractivity contribution in [3.63, 3.8) is 0 Å². The number of hydrogen-bond acceptors (Lipinski definition) is 4. The third-order valence-corrected chi connectivity index (χ3v) is 6.88. The molecule has 0 amide bonds. The fraction of sp³-hybridized carbons (Fsp3) is 0.417. The first-order chi connectivity index (χ1) is 13.9. The molecule has 1 aliphatic heterocycles. The van der Waals surface area contributed by atoms with E-state index in [-0.39, 0.29) is 0 Å². The lowest BCUT2D eigenvalue weighted by atomic mass is 9.90. The Morgan fingerprint density at radius 2 is 1.72 bits per heavy atom. The molecule has 0 saturated heterocycles. The summed E-state index contributed by atoms with van der Waals surface area (Å²) < 4.78 is 23.1. The monoisotopic (exact) mass is 412 g/mol. The van der Waals surface area contributed by atoms with Crippen molar-refractivity contribution in [3.8, 4) is 17.2 Å². The summed E-state index contributed by atoms with van der Waals surface area (Å²) in [6.07, 6.45) is 0.844. The highest BCUT2D eigenvalue weighted by Gasteiger charge is 2.23. The molecule has 2 aromatic carbocycles. The van der Waals surface area contributed by atoms with Crippen molar-refractivity contribution in [1.82, 2.24) is 0 Å². The molecule has 2 aromatic rings. The maximum atomic E-state index is 6.07. The standard InChI is InChI=1S/C24H32O4Si/c1-25-18-10-11-21(24(16-18)26-2)22-17-28-23-9-7-6-8-20(23)19(22)12-13-27-14-15-29(3,4)5/h6-11,16H,12-15,17H2,1-5H3. The van der Waals surface area contributed by atoms with Crippen LogP contribution in [0.5, 0.6) is 17.2 Å². The fourth-order valence-electron chi connectivity index (χ4n) is 3.47. The average molecular weight is 413 g/mol. The van der Waals surface area contributed by atoms with Crippen LogP contribution in [0.3, 0.4) is 0 Å². The van der Waals surface area contributed by atoms with Gasteiger partial charge in [0.15, 0.2) is 0 Å². The molecule has 3 rings (SSSR count). The number of ether oxygens (including phenoxy) is 4. The van der Waals surface area contributed by atoms with Gasteiger partial charge < -0.3 is 18.9 Å². The topological polar surface area (TPSA) is 36.9 Å². The summed E-state index contributed by atoms with van der Waals surface area (Å²) in [6, 6.07) is 15.4. The Morgan fingerprint density at radius 3 is 2.45 bits per heavy atom. The van der Waals surface area contributed by atoms with Gasteiger partial charge in [0.1, 0.15) is 23.9 Å². The van der Waals surface area contributed by atoms with Crippen molar-refractivity contribution in [2.24, 2.45) is 0 Å². The largest absolute Gasteiger partial charge is 0.497 e. The molecular formula is C24H32O4Si. The molecule has 1 aliphatic rings. The van der Waals surface area contributed by atoms with Crippen LogP contribution in [0.25, 0.3) is 11.1 Å². The number of hydrogen-bond donors (Lipinski definition) is 0. The van der Waals surface area contributed by atoms with Crippen LogP contribution in [0.15, 0.2) is 42.5 Å². The molecule has 0 bridgehead atoms. The maximum Gasteiger partial charge on any atom is 0.130 e. The summed E-state index contributed by atoms with van der Waals surface area (Å²) in [7, 11) is 2.28. The van der Waals surface area contributed by atoms with Crippen LogP contribution in [-0.2, 0) is 4.74 Å². The molecule has 0 aliphatic carbocycles. The fourth-order valence-corrected chi connectivity index (χ4v) is 4.23. The Morgan fingerprint density at radius 1 is 0.931 bits per heavy atom. The highest BCUT2D eigenvalue weighted by Crippen LogP contribution is 2.42. The van der Waals surface area contributed by atoms with Crippen LogP contribution in [0.2, 0.25) is 25.7 Å². The van der Waals surface area contributed by atoms with Gasteiger partial charge in [-0.05, 0) is 36.2 Å². The Bertz CT molecular complexity index is 867. The van der Waals surface area contributed by atoms with Crippen LogP contribution in [0.1, 0.15) is 17.5 Å². The average Bonchev–Trinajstić information content (AvgIpc) is 2.72. The zero-order valence-electron chi connectivity index (χ0n) is 18.2. The van der Waals surface area contributed by atoms with E-state index >= 15 is 0 Å². The van der Waals surface area contributed by atoms with Crippen molar-refractivity contribution in [3.05, 3.63) is 53.6 Å². The van der Waals surface area contributed by atoms with E-state index in [4.69, 9.17) is 18.9 Å². The first-order valence-corrected chi connectivity index (χ1v) is 13.9. The highest BCUT2D eigenvalue weighted by atomic mass is 28.3. The smallest absolute Gasteiger partial charge is 0.130 e. The van der Waals surface area contributed by atoms with Gasteiger partial charge in [-0.1, -0.05) is 37.8 Å². The molecule has 1 heterocycles. The van der Waals surface area contributed by atoms with E-state index in [1.165, 1.54) is 11.6 Å². The summed E-state index contributed by atoms with van der Waals surface area (Å²) >= 11 is 0. The molecule has 0 unspecified atom stereocenters. The van der Waals surface area contributed by atoms with E-state index in [2.05, 4.69) is 37.8 Å². The van der Waals surface area contributed by atoms with Gasteiger partial charge in [0.25, 0.3) is 0 Å². The summed E-state index contributed by atoms with van der Waals surface area (Å²) in [4.78, 5) is 0. The summed E-state index contributed by atoms with van der Waals surface area (Å²) in [5.41, 5.74) is 4.60. The molecule has 5 heteroatoms. The van der Waals surface area contributed by atoms with Gasteiger partial charge in [0.05, 0.1) is 20.8 Å². The molecule has 0 fully saturated rings. The molecule has 0 N–H and O–H groups in total. The molecular weight excluding hydrogens is 380 g/mol. The third kappa shape index (κ3) is 5.43. The summed E-state index contributed by atoms with van der Waals surface area (Å²) in [5, 5.41) is 0. The van der Waals surface area contributed by atoms with Crippen LogP contribution < -0.4 is 14.2 Å². The predicted molar refractivity (Wildman–Crippen MR) is 122 cm³/mol. The Balaban J connectivity index is 1.90. The number of fused-ring (bicyclic) bond motifs is 1. The first-order valence-electron chi connectivity index (χ1n) is 10.2. The molecule has 0 spiro atoms. The molecule has 4 nitrogen and oxygen atoms in total. The van der Waals surface area contributed by atoms with Crippen LogP contribution in [0.4, 0.5) is 0 Å². The number of para-hydroxylation sites is 1. The van der Waals surface area contributed by atoms with Gasteiger partial charge in [0, 0.05) is 37.4 Å². The number of rotatable bonds is 9. The second-order valence-corrected chi connectivity index (χ2v) is 14.1. The molecule has 0 radical (unpaired) electrons. The maximum absolute atomic E-state index is 6.07. The molecule has 0 saturated carbocycles. The van der Waals surface area contributed by atoms with Gasteiger partial charge in [-0.2, -0.15) is 0 Å². The Labute approximate surface area is 175 Å². The van der Waals surface area contributed by atoms with Crippen LogP contribution in [-0.4, -0.2) is 42.1 Å². The predicted octanol–water partition coefficient (Wildman–Crippen LogP) is 5.75. The van der Waals surface area contributed by atoms with Crippen molar-refractivity contribution < 1.29 is 18.9 Å². The normalized spacial score (nSPS) is 13.7. The van der Waals surface area contributed by atoms with Gasteiger partial charge >= 0.3 is 0 Å². The zero-order chi connectivity index (χ0) is 20.9. The second-order valence-electron chi connectivity index (χ2n) is 8.48. The van der Waals surface area contributed by atoms with E-state index in [1.54, 1.807) is 14.2 Å². The lowest BCUT2D eigenvalue weighted by Gasteiger charge is -2.26. The summed E-state index contributed by atoms with van der Waals surface area (Å²) in [6.45, 7) is 9.19. The number of benzene rings is 2. The minimum Gasteiger partial charge on any atom is -0.497 e. The third-order valence-electron chi connectivity index (χ3n) is 5.18. The quantitative estimate of drug-likeness (QED) is 0.388. The summed E-state index contributed by atoms with van der Waals surface area (Å²) in [5.74, 6) is 2.50. The van der Waals surface area contributed by atoms with Gasteiger partial charge in [-0.3, -0.25) is 0 Å². The Hall–Kier alpha value is -2.24. The van der Waals surface area contributed by atoms with Gasteiger partial charge in [0.2, 0.25) is 0 Å². The molecule has 0 atom stereocenters. The van der Waals surface area contributed by atoms with E-state index in [0.717, 1.165) is 47.0 Å². The minimum absolute atomic E-state index is 0.518. The van der Waals surface area contributed by atoms with Crippen molar-refractivity contribution in [2.45, 2.75) is 32.1 Å².